The smallest absolute Gasteiger partial charge is 0.310 e. The average molecular weight is 416 g/mol. The molecule has 1 aromatic rings. The largest absolute Gasteiger partial charge is 0.469 e. The van der Waals surface area contributed by atoms with Gasteiger partial charge in [0.15, 0.2) is 0 Å². The molecule has 2 amide bonds. The summed E-state index contributed by atoms with van der Waals surface area (Å²) in [6.07, 6.45) is 0. The molecule has 0 aromatic heterocycles. The maximum Gasteiger partial charge on any atom is 0.310 e. The zero-order valence-corrected chi connectivity index (χ0v) is 14.8. The summed E-state index contributed by atoms with van der Waals surface area (Å²) in [7, 11) is 2.95. The molecule has 1 unspecified atom stereocenters. The number of nitrogens with zero attached hydrogens (tertiary/aromatic N) is 2. The number of hydrogen-bond donors (Lipinski definition) is 0. The lowest BCUT2D eigenvalue weighted by Crippen LogP contribution is -2.41. The van der Waals surface area contributed by atoms with Gasteiger partial charge in [0.25, 0.3) is 5.91 Å². The number of carbonyl (C=O) groups excluding carboxylic acids is 3. The molecule has 0 saturated carbocycles. The molecule has 118 valence electrons. The van der Waals surface area contributed by atoms with Crippen LogP contribution in [-0.2, 0) is 14.3 Å². The first-order chi connectivity index (χ1) is 10.3. The van der Waals surface area contributed by atoms with Gasteiger partial charge in [-0.3, -0.25) is 14.4 Å². The summed E-state index contributed by atoms with van der Waals surface area (Å²) >= 11 is 2.12. The van der Waals surface area contributed by atoms with Gasteiger partial charge in [-0.1, -0.05) is 6.92 Å². The molecule has 1 aliphatic heterocycles. The molecule has 1 aliphatic rings. The van der Waals surface area contributed by atoms with Crippen molar-refractivity contribution in [2.45, 2.75) is 6.92 Å². The fraction of sp³-hybridized carbons (Fsp3) is 0.400. The first-order valence-corrected chi connectivity index (χ1v) is 7.86. The Labute approximate surface area is 142 Å². The molecule has 1 atom stereocenters. The third kappa shape index (κ3) is 3.23. The summed E-state index contributed by atoms with van der Waals surface area (Å²) in [4.78, 5) is 39.4. The Kier molecular flexibility index (Phi) is 5.05. The van der Waals surface area contributed by atoms with Crippen LogP contribution in [-0.4, -0.2) is 49.9 Å². The van der Waals surface area contributed by atoms with Crippen LogP contribution in [0.3, 0.4) is 0 Å². The van der Waals surface area contributed by atoms with Crippen molar-refractivity contribution in [3.05, 3.63) is 27.3 Å². The number of rotatable bonds is 3. The molecule has 6 nitrogen and oxygen atoms in total. The molecular weight excluding hydrogens is 399 g/mol. The SMILES string of the molecule is COC(=O)C(C)CN1CC(=O)N(C)c2ccc(I)cc2C1=O. The molecule has 0 saturated heterocycles. The number of likely N-dealkylation sites (N-methyl/N-ethyl adjacent to an activating group) is 1. The Bertz CT molecular complexity index is 632. The van der Waals surface area contributed by atoms with Gasteiger partial charge in [0, 0.05) is 17.2 Å². The Morgan fingerprint density at radius 3 is 2.73 bits per heavy atom. The predicted molar refractivity (Wildman–Crippen MR) is 89.7 cm³/mol. The monoisotopic (exact) mass is 416 g/mol. The highest BCUT2D eigenvalue weighted by molar-refractivity contribution is 14.1. The minimum absolute atomic E-state index is 0.0536. The van der Waals surface area contributed by atoms with Gasteiger partial charge in [0.05, 0.1) is 24.3 Å². The van der Waals surface area contributed by atoms with E-state index < -0.39 is 11.9 Å². The molecular formula is C15H17IN2O4. The number of ether oxygens (including phenoxy) is 1. The molecule has 2 rings (SSSR count). The minimum atomic E-state index is -0.489. The lowest BCUT2D eigenvalue weighted by atomic mass is 10.1. The van der Waals surface area contributed by atoms with Crippen LogP contribution >= 0.6 is 22.6 Å². The summed E-state index contributed by atoms with van der Waals surface area (Å²) in [5.74, 6) is -1.33. The van der Waals surface area contributed by atoms with Gasteiger partial charge < -0.3 is 14.5 Å². The Morgan fingerprint density at radius 1 is 1.41 bits per heavy atom. The van der Waals surface area contributed by atoms with Gasteiger partial charge in [-0.05, 0) is 40.8 Å². The minimum Gasteiger partial charge on any atom is -0.469 e. The van der Waals surface area contributed by atoms with E-state index in [1.165, 1.54) is 16.9 Å². The Morgan fingerprint density at radius 2 is 2.09 bits per heavy atom. The van der Waals surface area contributed by atoms with E-state index in [-0.39, 0.29) is 24.9 Å². The van der Waals surface area contributed by atoms with Crippen molar-refractivity contribution in [3.8, 4) is 0 Å². The Hall–Kier alpha value is -1.64. The van der Waals surface area contributed by atoms with E-state index in [1.54, 1.807) is 26.1 Å². The van der Waals surface area contributed by atoms with E-state index in [0.29, 0.717) is 11.3 Å². The van der Waals surface area contributed by atoms with Crippen molar-refractivity contribution in [1.29, 1.82) is 0 Å². The average Bonchev–Trinajstić information content (AvgIpc) is 2.58. The second-order valence-electron chi connectivity index (χ2n) is 5.22. The topological polar surface area (TPSA) is 66.9 Å². The number of anilines is 1. The van der Waals surface area contributed by atoms with Gasteiger partial charge in [0.2, 0.25) is 5.91 Å². The molecule has 0 bridgehead atoms. The zero-order valence-electron chi connectivity index (χ0n) is 12.6. The number of esters is 1. The van der Waals surface area contributed by atoms with Gasteiger partial charge in [-0.2, -0.15) is 0 Å². The van der Waals surface area contributed by atoms with E-state index in [0.717, 1.165) is 3.57 Å². The van der Waals surface area contributed by atoms with Crippen LogP contribution in [0.25, 0.3) is 0 Å². The molecule has 0 aliphatic carbocycles. The molecule has 0 N–H and O–H groups in total. The summed E-state index contributed by atoms with van der Waals surface area (Å²) in [5, 5.41) is 0. The van der Waals surface area contributed by atoms with Crippen molar-refractivity contribution in [1.82, 2.24) is 4.90 Å². The van der Waals surface area contributed by atoms with Crippen LogP contribution in [0.4, 0.5) is 5.69 Å². The molecule has 0 spiro atoms. The number of amides is 2. The summed E-state index contributed by atoms with van der Waals surface area (Å²) in [6, 6.07) is 5.37. The molecule has 22 heavy (non-hydrogen) atoms. The van der Waals surface area contributed by atoms with E-state index in [4.69, 9.17) is 0 Å². The molecule has 0 radical (unpaired) electrons. The highest BCUT2D eigenvalue weighted by Gasteiger charge is 2.31. The number of halogens is 1. The first kappa shape index (κ1) is 16.7. The summed E-state index contributed by atoms with van der Waals surface area (Å²) in [6.45, 7) is 1.77. The number of benzene rings is 1. The van der Waals surface area contributed by atoms with Crippen molar-refractivity contribution >= 4 is 46.1 Å². The van der Waals surface area contributed by atoms with Gasteiger partial charge in [0.1, 0.15) is 6.54 Å². The van der Waals surface area contributed by atoms with Crippen LogP contribution in [0, 0.1) is 9.49 Å². The van der Waals surface area contributed by atoms with Crippen LogP contribution in [0.2, 0.25) is 0 Å². The normalized spacial score (nSPS) is 16.2. The number of hydrogen-bond acceptors (Lipinski definition) is 4. The standard InChI is InChI=1S/C15H17IN2O4/c1-9(15(21)22-3)7-18-8-13(19)17(2)12-5-4-10(16)6-11(12)14(18)20/h4-6,9H,7-8H2,1-3H3. The maximum atomic E-state index is 12.7. The fourth-order valence-electron chi connectivity index (χ4n) is 2.37. The maximum absolute atomic E-state index is 12.7. The molecule has 1 heterocycles. The Balaban J connectivity index is 2.37. The van der Waals surface area contributed by atoms with Gasteiger partial charge in [-0.25, -0.2) is 0 Å². The van der Waals surface area contributed by atoms with E-state index >= 15 is 0 Å². The fourth-order valence-corrected chi connectivity index (χ4v) is 2.86. The number of methoxy groups -OCH3 is 1. The molecule has 7 heteroatoms. The highest BCUT2D eigenvalue weighted by atomic mass is 127. The lowest BCUT2D eigenvalue weighted by molar-refractivity contribution is -0.145. The van der Waals surface area contributed by atoms with Crippen molar-refractivity contribution < 1.29 is 19.1 Å². The highest BCUT2D eigenvalue weighted by Crippen LogP contribution is 2.27. The van der Waals surface area contributed by atoms with Crippen molar-refractivity contribution in [2.75, 3.05) is 32.1 Å². The van der Waals surface area contributed by atoms with Crippen LogP contribution in [0.5, 0.6) is 0 Å². The second-order valence-corrected chi connectivity index (χ2v) is 6.47. The zero-order chi connectivity index (χ0) is 16.4. The van der Waals surface area contributed by atoms with Crippen molar-refractivity contribution in [3.63, 3.8) is 0 Å². The van der Waals surface area contributed by atoms with Crippen LogP contribution < -0.4 is 4.90 Å². The van der Waals surface area contributed by atoms with Crippen LogP contribution in [0.1, 0.15) is 17.3 Å². The predicted octanol–water partition coefficient (Wildman–Crippen LogP) is 1.52. The third-order valence-corrected chi connectivity index (χ3v) is 4.31. The van der Waals surface area contributed by atoms with Crippen LogP contribution in [0.15, 0.2) is 18.2 Å². The van der Waals surface area contributed by atoms with Gasteiger partial charge in [-0.15, -0.1) is 0 Å². The van der Waals surface area contributed by atoms with E-state index in [2.05, 4.69) is 27.3 Å². The summed E-state index contributed by atoms with van der Waals surface area (Å²) in [5.41, 5.74) is 1.06. The molecule has 1 aromatic carbocycles. The number of fused-ring (bicyclic) bond motifs is 1. The first-order valence-electron chi connectivity index (χ1n) is 6.78. The van der Waals surface area contributed by atoms with Gasteiger partial charge >= 0.3 is 5.97 Å². The van der Waals surface area contributed by atoms with E-state index in [1.807, 2.05) is 6.07 Å². The lowest BCUT2D eigenvalue weighted by Gasteiger charge is -2.22. The van der Waals surface area contributed by atoms with E-state index in [9.17, 15) is 14.4 Å². The number of carbonyl (C=O) groups is 3. The van der Waals surface area contributed by atoms with Crippen molar-refractivity contribution in [2.24, 2.45) is 5.92 Å². The second kappa shape index (κ2) is 6.64. The molecule has 0 fully saturated rings. The third-order valence-electron chi connectivity index (χ3n) is 3.64. The summed E-state index contributed by atoms with van der Waals surface area (Å²) < 4.78 is 5.59. The quantitative estimate of drug-likeness (QED) is 0.554.